The highest BCUT2D eigenvalue weighted by Crippen LogP contribution is 2.37. The molecule has 5 rings (SSSR count). The molecule has 0 bridgehead atoms. The maximum absolute atomic E-state index is 13.3. The number of ether oxygens (including phenoxy) is 2. The summed E-state index contributed by atoms with van der Waals surface area (Å²) >= 11 is 1.41. The van der Waals surface area contributed by atoms with Crippen molar-refractivity contribution in [3.63, 3.8) is 0 Å². The van der Waals surface area contributed by atoms with Gasteiger partial charge in [-0.2, -0.15) is 0 Å². The van der Waals surface area contributed by atoms with E-state index < -0.39 is 0 Å². The van der Waals surface area contributed by atoms with Gasteiger partial charge in [0.05, 0.1) is 5.25 Å². The van der Waals surface area contributed by atoms with E-state index in [1.54, 1.807) is 0 Å². The number of hydrogen-bond donors (Lipinski definition) is 0. The van der Waals surface area contributed by atoms with Gasteiger partial charge >= 0.3 is 0 Å². The second-order valence-corrected chi connectivity index (χ2v) is 9.22. The monoisotopic (exact) mass is 436 g/mol. The van der Waals surface area contributed by atoms with Gasteiger partial charge in [0.2, 0.25) is 5.91 Å². The Balaban J connectivity index is 1.31. The predicted octanol–water partition coefficient (Wildman–Crippen LogP) is 3.79. The average Bonchev–Trinajstić information content (AvgIpc) is 3.31. The zero-order chi connectivity index (χ0) is 21.5. The third-order valence-electron chi connectivity index (χ3n) is 5.74. The topological polar surface area (TPSA) is 69.5 Å². The second-order valence-electron chi connectivity index (χ2n) is 7.91. The summed E-state index contributed by atoms with van der Waals surface area (Å²) in [6.07, 6.45) is 0.534. The van der Waals surface area contributed by atoms with E-state index in [4.69, 9.17) is 9.47 Å². The molecule has 0 aliphatic carbocycles. The molecule has 0 N–H and O–H groups in total. The summed E-state index contributed by atoms with van der Waals surface area (Å²) in [6, 6.07) is 15.9. The first-order valence-electron chi connectivity index (χ1n) is 10.4. The number of amides is 1. The highest BCUT2D eigenvalue weighted by molar-refractivity contribution is 8.00. The van der Waals surface area contributed by atoms with Crippen molar-refractivity contribution in [2.24, 2.45) is 7.05 Å². The lowest BCUT2D eigenvalue weighted by Crippen LogP contribution is -2.40. The van der Waals surface area contributed by atoms with Gasteiger partial charge in [0.1, 0.15) is 6.61 Å². The van der Waals surface area contributed by atoms with Crippen molar-refractivity contribution in [1.82, 2.24) is 14.8 Å². The van der Waals surface area contributed by atoms with Crippen LogP contribution in [0.5, 0.6) is 11.5 Å². The molecule has 7 nitrogen and oxygen atoms in total. The minimum Gasteiger partial charge on any atom is -0.485 e. The van der Waals surface area contributed by atoms with Crippen LogP contribution in [0.15, 0.2) is 53.7 Å². The summed E-state index contributed by atoms with van der Waals surface area (Å²) in [5.41, 5.74) is 2.23. The molecule has 0 saturated heterocycles. The summed E-state index contributed by atoms with van der Waals surface area (Å²) in [4.78, 5) is 15.2. The molecule has 1 aromatic heterocycles. The van der Waals surface area contributed by atoms with Gasteiger partial charge < -0.3 is 18.9 Å². The molecule has 8 heteroatoms. The quantitative estimate of drug-likeness (QED) is 0.580. The van der Waals surface area contributed by atoms with E-state index in [1.807, 2.05) is 65.9 Å². The first kappa shape index (κ1) is 19.9. The van der Waals surface area contributed by atoms with Crippen LogP contribution in [-0.4, -0.2) is 38.6 Å². The van der Waals surface area contributed by atoms with Gasteiger partial charge in [-0.05, 0) is 44.0 Å². The number of anilines is 1. The molecule has 1 amide bonds. The fourth-order valence-corrected chi connectivity index (χ4v) is 5.03. The summed E-state index contributed by atoms with van der Waals surface area (Å²) in [6.45, 7) is 4.38. The van der Waals surface area contributed by atoms with E-state index in [1.165, 1.54) is 17.3 Å². The number of aromatic nitrogens is 3. The Morgan fingerprint density at radius 3 is 2.71 bits per heavy atom. The molecule has 0 fully saturated rings. The van der Waals surface area contributed by atoms with Crippen LogP contribution in [0.1, 0.15) is 31.3 Å². The lowest BCUT2D eigenvalue weighted by atomic mass is 10.1. The third kappa shape index (κ3) is 3.54. The fraction of sp³-hybridized carbons (Fsp3) is 0.348. The smallest absolute Gasteiger partial charge is 0.240 e. The zero-order valence-electron chi connectivity index (χ0n) is 17.7. The van der Waals surface area contributed by atoms with Crippen molar-refractivity contribution < 1.29 is 14.3 Å². The van der Waals surface area contributed by atoms with Crippen molar-refractivity contribution >= 4 is 23.4 Å². The zero-order valence-corrected chi connectivity index (χ0v) is 18.5. The summed E-state index contributed by atoms with van der Waals surface area (Å²) in [5.74, 6) is 2.19. The summed E-state index contributed by atoms with van der Waals surface area (Å²) in [7, 11) is 1.90. The van der Waals surface area contributed by atoms with Crippen molar-refractivity contribution in [2.75, 3.05) is 11.5 Å². The Morgan fingerprint density at radius 2 is 1.87 bits per heavy atom. The number of carbonyl (C=O) groups is 1. The Labute approximate surface area is 185 Å². The molecule has 3 aromatic rings. The molecule has 0 unspecified atom stereocenters. The van der Waals surface area contributed by atoms with Crippen molar-refractivity contribution in [3.8, 4) is 11.5 Å². The number of rotatable bonds is 4. The molecule has 0 saturated carbocycles. The molecule has 2 aromatic carbocycles. The highest BCUT2D eigenvalue weighted by atomic mass is 32.2. The normalized spacial score (nSPS) is 20.4. The standard InChI is InChI=1S/C23H24N4O3S/c1-14-12-16-8-4-5-9-17(16)27(14)22(28)15(2)31-23-25-24-21(26(23)3)20-13-29-18-10-6-7-11-19(18)30-20/h4-11,14-15,20H,12-13H2,1-3H3/t14-,15+,20-/m1/s1. The van der Waals surface area contributed by atoms with Gasteiger partial charge in [-0.3, -0.25) is 4.79 Å². The van der Waals surface area contributed by atoms with Gasteiger partial charge in [-0.25, -0.2) is 0 Å². The number of nitrogens with zero attached hydrogens (tertiary/aromatic N) is 4. The van der Waals surface area contributed by atoms with Crippen LogP contribution in [-0.2, 0) is 18.3 Å². The minimum atomic E-state index is -0.349. The SMILES string of the molecule is C[C@H](Sc1nnc([C@H]2COc3ccccc3O2)n1C)C(=O)N1c2ccccc2C[C@H]1C. The molecule has 31 heavy (non-hydrogen) atoms. The lowest BCUT2D eigenvalue weighted by molar-refractivity contribution is -0.118. The molecule has 160 valence electrons. The van der Waals surface area contributed by atoms with Gasteiger partial charge in [0.15, 0.2) is 28.6 Å². The molecule has 3 heterocycles. The van der Waals surface area contributed by atoms with Crippen LogP contribution in [0.4, 0.5) is 5.69 Å². The van der Waals surface area contributed by atoms with Crippen molar-refractivity contribution in [3.05, 3.63) is 59.9 Å². The van der Waals surface area contributed by atoms with Crippen LogP contribution in [0.3, 0.4) is 0 Å². The summed E-state index contributed by atoms with van der Waals surface area (Å²) < 4.78 is 13.8. The van der Waals surface area contributed by atoms with Crippen LogP contribution in [0, 0.1) is 0 Å². The molecular weight excluding hydrogens is 412 g/mol. The highest BCUT2D eigenvalue weighted by Gasteiger charge is 2.34. The number of carbonyl (C=O) groups excluding carboxylic acids is 1. The number of benzene rings is 2. The number of para-hydroxylation sites is 3. The van der Waals surface area contributed by atoms with E-state index in [0.717, 1.165) is 17.9 Å². The van der Waals surface area contributed by atoms with E-state index >= 15 is 0 Å². The number of thioether (sulfide) groups is 1. The van der Waals surface area contributed by atoms with E-state index in [0.29, 0.717) is 23.3 Å². The average molecular weight is 437 g/mol. The molecule has 0 spiro atoms. The Bertz CT molecular complexity index is 1130. The fourth-order valence-electron chi connectivity index (χ4n) is 4.16. The van der Waals surface area contributed by atoms with E-state index in [9.17, 15) is 4.79 Å². The van der Waals surface area contributed by atoms with E-state index in [2.05, 4.69) is 23.2 Å². The van der Waals surface area contributed by atoms with Crippen LogP contribution in [0.2, 0.25) is 0 Å². The second kappa shape index (κ2) is 7.92. The first-order chi connectivity index (χ1) is 15.0. The molecular formula is C23H24N4O3S. The third-order valence-corrected chi connectivity index (χ3v) is 6.86. The van der Waals surface area contributed by atoms with Gasteiger partial charge in [0, 0.05) is 18.8 Å². The molecule has 3 atom stereocenters. The minimum absolute atomic E-state index is 0.0816. The van der Waals surface area contributed by atoms with Crippen molar-refractivity contribution in [2.45, 2.75) is 42.8 Å². The molecule has 2 aliphatic rings. The summed E-state index contributed by atoms with van der Waals surface area (Å²) in [5, 5.41) is 9.05. The largest absolute Gasteiger partial charge is 0.485 e. The predicted molar refractivity (Wildman–Crippen MR) is 119 cm³/mol. The maximum Gasteiger partial charge on any atom is 0.240 e. The molecule has 0 radical (unpaired) electrons. The van der Waals surface area contributed by atoms with Crippen LogP contribution in [0.25, 0.3) is 0 Å². The van der Waals surface area contributed by atoms with Gasteiger partial charge in [0.25, 0.3) is 0 Å². The van der Waals surface area contributed by atoms with E-state index in [-0.39, 0.29) is 23.3 Å². The van der Waals surface area contributed by atoms with Gasteiger partial charge in [-0.15, -0.1) is 10.2 Å². The number of fused-ring (bicyclic) bond motifs is 2. The lowest BCUT2D eigenvalue weighted by Gasteiger charge is -2.26. The maximum atomic E-state index is 13.3. The van der Waals surface area contributed by atoms with Crippen LogP contribution >= 0.6 is 11.8 Å². The van der Waals surface area contributed by atoms with Crippen LogP contribution < -0.4 is 14.4 Å². The Hall–Kier alpha value is -3.00. The Kier molecular flexibility index (Phi) is 5.09. The first-order valence-corrected chi connectivity index (χ1v) is 11.3. The Morgan fingerprint density at radius 1 is 1.13 bits per heavy atom. The number of hydrogen-bond acceptors (Lipinski definition) is 6. The van der Waals surface area contributed by atoms with Crippen molar-refractivity contribution in [1.29, 1.82) is 0 Å². The van der Waals surface area contributed by atoms with Gasteiger partial charge in [-0.1, -0.05) is 42.1 Å². The molecule has 2 aliphatic heterocycles.